The van der Waals surface area contributed by atoms with Gasteiger partial charge in [-0.3, -0.25) is 4.79 Å². The molecule has 4 nitrogen and oxygen atoms in total. The Kier molecular flexibility index (Phi) is 6.52. The van der Waals surface area contributed by atoms with Crippen LogP contribution >= 0.6 is 11.6 Å². The maximum atomic E-state index is 12.5. The highest BCUT2D eigenvalue weighted by atomic mass is 35.5. The van der Waals surface area contributed by atoms with Crippen molar-refractivity contribution in [3.8, 4) is 5.75 Å². The van der Waals surface area contributed by atoms with E-state index in [-0.39, 0.29) is 5.91 Å². The van der Waals surface area contributed by atoms with Crippen molar-refractivity contribution in [3.05, 3.63) is 29.3 Å². The molecule has 1 N–H and O–H groups in total. The number of likely N-dealkylation sites (tertiary alicyclic amines) is 1. The van der Waals surface area contributed by atoms with Crippen molar-refractivity contribution in [2.75, 3.05) is 26.2 Å². The van der Waals surface area contributed by atoms with E-state index in [2.05, 4.69) is 12.2 Å². The Labute approximate surface area is 137 Å². The Morgan fingerprint density at radius 2 is 2.18 bits per heavy atom. The van der Waals surface area contributed by atoms with Gasteiger partial charge in [-0.05, 0) is 57.0 Å². The fourth-order valence-electron chi connectivity index (χ4n) is 2.76. The molecule has 1 aliphatic heterocycles. The number of carbonyl (C=O) groups is 1. The highest BCUT2D eigenvalue weighted by Crippen LogP contribution is 2.21. The fraction of sp³-hybridized carbons (Fsp3) is 0.588. The number of hydrogen-bond acceptors (Lipinski definition) is 3. The Hall–Kier alpha value is -1.26. The molecule has 22 heavy (non-hydrogen) atoms. The number of rotatable bonds is 6. The molecule has 1 saturated heterocycles. The molecular weight excluding hydrogens is 300 g/mol. The summed E-state index contributed by atoms with van der Waals surface area (Å²) in [7, 11) is 0. The molecule has 0 aliphatic carbocycles. The Morgan fingerprint density at radius 3 is 2.82 bits per heavy atom. The van der Waals surface area contributed by atoms with Crippen LogP contribution in [0.2, 0.25) is 5.02 Å². The lowest BCUT2D eigenvalue weighted by atomic mass is 9.96. The summed E-state index contributed by atoms with van der Waals surface area (Å²) in [6.45, 7) is 7.61. The van der Waals surface area contributed by atoms with Crippen molar-refractivity contribution < 1.29 is 9.53 Å². The summed E-state index contributed by atoms with van der Waals surface area (Å²) in [6.07, 6.45) is 1.63. The Bertz CT molecular complexity index is 487. The van der Waals surface area contributed by atoms with Gasteiger partial charge in [0, 0.05) is 18.1 Å². The number of nitrogens with one attached hydrogen (secondary N) is 1. The van der Waals surface area contributed by atoms with Gasteiger partial charge in [-0.2, -0.15) is 0 Å². The molecule has 122 valence electrons. The third-order valence-electron chi connectivity index (χ3n) is 4.07. The number of amides is 1. The molecule has 0 aromatic heterocycles. The molecular formula is C17H25ClN2O2. The van der Waals surface area contributed by atoms with Gasteiger partial charge in [0.05, 0.1) is 0 Å². The molecule has 0 bridgehead atoms. The summed E-state index contributed by atoms with van der Waals surface area (Å²) < 4.78 is 5.71. The zero-order valence-electron chi connectivity index (χ0n) is 13.3. The number of halogens is 1. The minimum Gasteiger partial charge on any atom is -0.481 e. The van der Waals surface area contributed by atoms with E-state index in [1.807, 2.05) is 17.0 Å². The van der Waals surface area contributed by atoms with Gasteiger partial charge in [0.25, 0.3) is 5.91 Å². The summed E-state index contributed by atoms with van der Waals surface area (Å²) in [4.78, 5) is 14.4. The third-order valence-corrected chi connectivity index (χ3v) is 4.30. The van der Waals surface area contributed by atoms with Gasteiger partial charge in [0.1, 0.15) is 5.75 Å². The molecule has 1 heterocycles. The second-order valence-electron chi connectivity index (χ2n) is 5.79. The maximum absolute atomic E-state index is 12.5. The molecule has 1 aliphatic rings. The molecule has 1 amide bonds. The first-order valence-corrected chi connectivity index (χ1v) is 8.39. The number of benzene rings is 1. The maximum Gasteiger partial charge on any atom is 0.263 e. The Balaban J connectivity index is 1.81. The SMILES string of the molecule is CCNCC1CCN(C(=O)C(C)Oc2cccc(Cl)c2)CC1. The quantitative estimate of drug-likeness (QED) is 0.874. The van der Waals surface area contributed by atoms with E-state index < -0.39 is 6.10 Å². The van der Waals surface area contributed by atoms with E-state index in [1.165, 1.54) is 0 Å². The highest BCUT2D eigenvalue weighted by Gasteiger charge is 2.26. The summed E-state index contributed by atoms with van der Waals surface area (Å²) in [6, 6.07) is 7.16. The van der Waals surface area contributed by atoms with Crippen LogP contribution in [0.5, 0.6) is 5.75 Å². The predicted molar refractivity (Wildman–Crippen MR) is 89.4 cm³/mol. The van der Waals surface area contributed by atoms with Crippen LogP contribution in [0.1, 0.15) is 26.7 Å². The van der Waals surface area contributed by atoms with Crippen LogP contribution in [0.25, 0.3) is 0 Å². The Morgan fingerprint density at radius 1 is 1.45 bits per heavy atom. The van der Waals surface area contributed by atoms with Crippen LogP contribution in [0.3, 0.4) is 0 Å². The van der Waals surface area contributed by atoms with Crippen molar-refractivity contribution in [1.29, 1.82) is 0 Å². The zero-order chi connectivity index (χ0) is 15.9. The first kappa shape index (κ1) is 17.1. The van der Waals surface area contributed by atoms with Crippen LogP contribution in [0.15, 0.2) is 24.3 Å². The van der Waals surface area contributed by atoms with E-state index in [0.717, 1.165) is 39.0 Å². The van der Waals surface area contributed by atoms with Crippen molar-refractivity contribution in [2.24, 2.45) is 5.92 Å². The summed E-state index contributed by atoms with van der Waals surface area (Å²) in [5, 5.41) is 3.99. The van der Waals surface area contributed by atoms with Gasteiger partial charge in [0.2, 0.25) is 0 Å². The van der Waals surface area contributed by atoms with Crippen molar-refractivity contribution >= 4 is 17.5 Å². The van der Waals surface area contributed by atoms with Crippen molar-refractivity contribution in [2.45, 2.75) is 32.8 Å². The fourth-order valence-corrected chi connectivity index (χ4v) is 2.94. The lowest BCUT2D eigenvalue weighted by Gasteiger charge is -2.33. The van der Waals surface area contributed by atoms with Crippen LogP contribution < -0.4 is 10.1 Å². The van der Waals surface area contributed by atoms with Crippen LogP contribution in [0.4, 0.5) is 0 Å². The van der Waals surface area contributed by atoms with Gasteiger partial charge in [-0.15, -0.1) is 0 Å². The summed E-state index contributed by atoms with van der Waals surface area (Å²) in [5.41, 5.74) is 0. The second-order valence-corrected chi connectivity index (χ2v) is 6.23. The van der Waals surface area contributed by atoms with E-state index in [4.69, 9.17) is 16.3 Å². The minimum absolute atomic E-state index is 0.0573. The van der Waals surface area contributed by atoms with Gasteiger partial charge in [0.15, 0.2) is 6.10 Å². The van der Waals surface area contributed by atoms with E-state index in [0.29, 0.717) is 16.7 Å². The second kappa shape index (κ2) is 8.39. The number of ether oxygens (including phenoxy) is 1. The van der Waals surface area contributed by atoms with Crippen molar-refractivity contribution in [1.82, 2.24) is 10.2 Å². The molecule has 2 rings (SSSR count). The van der Waals surface area contributed by atoms with E-state index in [9.17, 15) is 4.79 Å². The molecule has 1 atom stereocenters. The molecule has 1 unspecified atom stereocenters. The monoisotopic (exact) mass is 324 g/mol. The molecule has 0 radical (unpaired) electrons. The zero-order valence-corrected chi connectivity index (χ0v) is 14.1. The normalized spacial score (nSPS) is 17.3. The number of carbonyl (C=O) groups excluding carboxylic acids is 1. The number of hydrogen-bond donors (Lipinski definition) is 1. The van der Waals surface area contributed by atoms with Crippen LogP contribution in [0, 0.1) is 5.92 Å². The average Bonchev–Trinajstić information content (AvgIpc) is 2.52. The lowest BCUT2D eigenvalue weighted by Crippen LogP contribution is -2.45. The minimum atomic E-state index is -0.483. The van der Waals surface area contributed by atoms with Gasteiger partial charge < -0.3 is 15.0 Å². The first-order valence-electron chi connectivity index (χ1n) is 8.02. The number of piperidine rings is 1. The van der Waals surface area contributed by atoms with Gasteiger partial charge in [-0.1, -0.05) is 24.6 Å². The van der Waals surface area contributed by atoms with E-state index >= 15 is 0 Å². The smallest absolute Gasteiger partial charge is 0.263 e. The lowest BCUT2D eigenvalue weighted by molar-refractivity contribution is -0.139. The first-order chi connectivity index (χ1) is 10.6. The highest BCUT2D eigenvalue weighted by molar-refractivity contribution is 6.30. The van der Waals surface area contributed by atoms with Crippen LogP contribution in [-0.2, 0) is 4.79 Å². The molecule has 1 aromatic carbocycles. The molecule has 1 aromatic rings. The van der Waals surface area contributed by atoms with Gasteiger partial charge in [-0.25, -0.2) is 0 Å². The van der Waals surface area contributed by atoms with Crippen LogP contribution in [-0.4, -0.2) is 43.1 Å². The summed E-state index contributed by atoms with van der Waals surface area (Å²) in [5.74, 6) is 1.37. The topological polar surface area (TPSA) is 41.6 Å². The van der Waals surface area contributed by atoms with Crippen molar-refractivity contribution in [3.63, 3.8) is 0 Å². The largest absolute Gasteiger partial charge is 0.481 e. The molecule has 0 saturated carbocycles. The number of nitrogens with zero attached hydrogens (tertiary/aromatic N) is 1. The molecule has 5 heteroatoms. The molecule has 1 fully saturated rings. The van der Waals surface area contributed by atoms with Gasteiger partial charge >= 0.3 is 0 Å². The average molecular weight is 325 g/mol. The third kappa shape index (κ3) is 4.89. The predicted octanol–water partition coefficient (Wildman–Crippen LogP) is 2.96. The molecule has 0 spiro atoms. The summed E-state index contributed by atoms with van der Waals surface area (Å²) >= 11 is 5.93. The van der Waals surface area contributed by atoms with E-state index in [1.54, 1.807) is 19.1 Å². The standard InChI is InChI=1S/C17H25ClN2O2/c1-3-19-12-14-7-9-20(10-8-14)17(21)13(2)22-16-6-4-5-15(18)11-16/h4-6,11,13-14,19H,3,7-10,12H2,1-2H3.